The number of likely N-dealkylation sites (N-methyl/N-ethyl adjacent to an activating group) is 2. The first-order valence-corrected chi connectivity index (χ1v) is 9.58. The summed E-state index contributed by atoms with van der Waals surface area (Å²) in [4.78, 5) is 20.6. The van der Waals surface area contributed by atoms with Gasteiger partial charge in [-0.3, -0.25) is 9.69 Å². The molecule has 0 radical (unpaired) electrons. The Morgan fingerprint density at radius 2 is 2.00 bits per heavy atom. The molecule has 1 heterocycles. The second-order valence-electron chi connectivity index (χ2n) is 6.74. The average Bonchev–Trinajstić information content (AvgIpc) is 3.09. The topological polar surface area (TPSA) is 60.0 Å². The number of likely N-dealkylation sites (tertiary alicyclic amines) is 1. The highest BCUT2D eigenvalue weighted by Crippen LogP contribution is 2.15. The third-order valence-electron chi connectivity index (χ3n) is 4.65. The van der Waals surface area contributed by atoms with Gasteiger partial charge in [0.15, 0.2) is 5.96 Å². The molecule has 1 saturated heterocycles. The van der Waals surface area contributed by atoms with Crippen LogP contribution >= 0.6 is 35.6 Å². The molecule has 1 aromatic carbocycles. The lowest BCUT2D eigenvalue weighted by Crippen LogP contribution is -2.47. The molecule has 1 amide bonds. The molecular weight excluding hydrogens is 477 g/mol. The summed E-state index contributed by atoms with van der Waals surface area (Å²) in [5, 5.41) is 7.26. The quantitative estimate of drug-likeness (QED) is 0.338. The third kappa shape index (κ3) is 8.23. The maximum Gasteiger partial charge on any atom is 0.241 e. The number of amides is 1. The highest BCUT2D eigenvalue weighted by Gasteiger charge is 2.22. The molecule has 0 aliphatic carbocycles. The summed E-state index contributed by atoms with van der Waals surface area (Å²) in [6, 6.07) is 8.17. The summed E-state index contributed by atoms with van der Waals surface area (Å²) in [6.07, 6.45) is 2.44. The van der Waals surface area contributed by atoms with Gasteiger partial charge in [-0.05, 0) is 43.6 Å². The van der Waals surface area contributed by atoms with E-state index in [1.807, 2.05) is 24.3 Å². The van der Waals surface area contributed by atoms with E-state index >= 15 is 0 Å². The Bertz CT molecular complexity index is 609. The lowest BCUT2D eigenvalue weighted by Gasteiger charge is -2.24. The minimum Gasteiger partial charge on any atom is -0.355 e. The standard InChI is InChI=1S/C19H30ClN5O.HI/c1-4-25-11-5-6-17(25)13-22-19(23-14-18(26)24(2)3)21-12-15-7-9-16(20)10-8-15;/h7-10,17H,4-6,11-14H2,1-3H3,(H2,21,22,23);1H. The van der Waals surface area contributed by atoms with Crippen molar-refractivity contribution in [2.24, 2.45) is 4.99 Å². The van der Waals surface area contributed by atoms with Crippen molar-refractivity contribution in [3.05, 3.63) is 34.9 Å². The first kappa shape index (κ1) is 24.0. The van der Waals surface area contributed by atoms with Crippen LogP contribution in [0.15, 0.2) is 29.3 Å². The minimum absolute atomic E-state index is 0. The Labute approximate surface area is 184 Å². The van der Waals surface area contributed by atoms with E-state index in [0.717, 1.165) is 25.2 Å². The molecule has 1 unspecified atom stereocenters. The van der Waals surface area contributed by atoms with E-state index in [0.29, 0.717) is 23.6 Å². The number of carbonyl (C=O) groups is 1. The molecule has 0 bridgehead atoms. The van der Waals surface area contributed by atoms with E-state index in [2.05, 4.69) is 27.4 Å². The normalized spacial score (nSPS) is 17.3. The number of nitrogens with zero attached hydrogens (tertiary/aromatic N) is 3. The molecule has 1 aliphatic heterocycles. The third-order valence-corrected chi connectivity index (χ3v) is 4.90. The van der Waals surface area contributed by atoms with Crippen LogP contribution < -0.4 is 10.6 Å². The van der Waals surface area contributed by atoms with Crippen LogP contribution in [0.2, 0.25) is 5.02 Å². The zero-order chi connectivity index (χ0) is 18.9. The number of guanidine groups is 1. The molecule has 6 nitrogen and oxygen atoms in total. The van der Waals surface area contributed by atoms with Crippen molar-refractivity contribution in [2.45, 2.75) is 32.4 Å². The highest BCUT2D eigenvalue weighted by atomic mass is 127. The number of rotatable bonds is 7. The van der Waals surface area contributed by atoms with Crippen molar-refractivity contribution in [1.82, 2.24) is 20.4 Å². The second-order valence-corrected chi connectivity index (χ2v) is 7.17. The van der Waals surface area contributed by atoms with Crippen molar-refractivity contribution in [2.75, 3.05) is 40.3 Å². The van der Waals surface area contributed by atoms with Gasteiger partial charge in [-0.2, -0.15) is 0 Å². The molecule has 1 aromatic rings. The lowest BCUT2D eigenvalue weighted by molar-refractivity contribution is -0.127. The van der Waals surface area contributed by atoms with Gasteiger partial charge in [0, 0.05) is 31.7 Å². The van der Waals surface area contributed by atoms with Gasteiger partial charge in [-0.1, -0.05) is 30.7 Å². The zero-order valence-corrected chi connectivity index (χ0v) is 19.5. The monoisotopic (exact) mass is 507 g/mol. The van der Waals surface area contributed by atoms with Crippen molar-refractivity contribution in [3.8, 4) is 0 Å². The predicted molar refractivity (Wildman–Crippen MR) is 123 cm³/mol. The Morgan fingerprint density at radius 1 is 1.30 bits per heavy atom. The Morgan fingerprint density at radius 3 is 2.63 bits per heavy atom. The molecule has 8 heteroatoms. The summed E-state index contributed by atoms with van der Waals surface area (Å²) < 4.78 is 0. The van der Waals surface area contributed by atoms with Gasteiger partial charge in [0.25, 0.3) is 0 Å². The van der Waals surface area contributed by atoms with Crippen LogP contribution in [-0.2, 0) is 11.3 Å². The number of hydrogen-bond donors (Lipinski definition) is 2. The summed E-state index contributed by atoms with van der Waals surface area (Å²) in [5.74, 6) is 0.681. The largest absolute Gasteiger partial charge is 0.355 e. The van der Waals surface area contributed by atoms with Gasteiger partial charge in [0.1, 0.15) is 0 Å². The molecule has 0 aromatic heterocycles. The molecular formula is C19H31ClIN5O. The average molecular weight is 508 g/mol. The number of hydrogen-bond acceptors (Lipinski definition) is 3. The van der Waals surface area contributed by atoms with Crippen LogP contribution in [0.3, 0.4) is 0 Å². The van der Waals surface area contributed by atoms with E-state index in [9.17, 15) is 4.79 Å². The Balaban J connectivity index is 0.00000364. The summed E-state index contributed by atoms with van der Waals surface area (Å²) in [7, 11) is 3.50. The number of aliphatic imine (C=N–C) groups is 1. The van der Waals surface area contributed by atoms with Crippen LogP contribution in [-0.4, -0.2) is 68.0 Å². The molecule has 0 saturated carbocycles. The van der Waals surface area contributed by atoms with Crippen LogP contribution in [0.1, 0.15) is 25.3 Å². The van der Waals surface area contributed by atoms with Crippen LogP contribution in [0.4, 0.5) is 0 Å². The van der Waals surface area contributed by atoms with Crippen molar-refractivity contribution in [3.63, 3.8) is 0 Å². The fraction of sp³-hybridized carbons (Fsp3) is 0.579. The number of benzene rings is 1. The molecule has 2 N–H and O–H groups in total. The van der Waals surface area contributed by atoms with E-state index in [1.165, 1.54) is 12.8 Å². The van der Waals surface area contributed by atoms with E-state index in [4.69, 9.17) is 11.6 Å². The van der Waals surface area contributed by atoms with E-state index < -0.39 is 0 Å². The van der Waals surface area contributed by atoms with Crippen LogP contribution in [0.25, 0.3) is 0 Å². The zero-order valence-electron chi connectivity index (χ0n) is 16.4. The minimum atomic E-state index is 0. The summed E-state index contributed by atoms with van der Waals surface area (Å²) in [5.41, 5.74) is 1.07. The molecule has 1 atom stereocenters. The fourth-order valence-corrected chi connectivity index (χ4v) is 3.14. The number of carbonyl (C=O) groups excluding carboxylic acids is 1. The SMILES string of the molecule is CCN1CCCC1CNC(=NCc1ccc(Cl)cc1)NCC(=O)N(C)C.I. The molecule has 1 fully saturated rings. The first-order valence-electron chi connectivity index (χ1n) is 9.20. The van der Waals surface area contributed by atoms with Gasteiger partial charge in [-0.25, -0.2) is 4.99 Å². The maximum absolute atomic E-state index is 11.9. The maximum atomic E-state index is 11.9. The predicted octanol–water partition coefficient (Wildman–Crippen LogP) is 2.57. The van der Waals surface area contributed by atoms with Gasteiger partial charge in [-0.15, -0.1) is 24.0 Å². The van der Waals surface area contributed by atoms with E-state index in [1.54, 1.807) is 19.0 Å². The van der Waals surface area contributed by atoms with E-state index in [-0.39, 0.29) is 36.4 Å². The highest BCUT2D eigenvalue weighted by molar-refractivity contribution is 14.0. The van der Waals surface area contributed by atoms with Crippen molar-refractivity contribution < 1.29 is 4.79 Å². The summed E-state index contributed by atoms with van der Waals surface area (Å²) in [6.45, 7) is 6.01. The second kappa shape index (κ2) is 12.4. The van der Waals surface area contributed by atoms with Gasteiger partial charge < -0.3 is 15.5 Å². The van der Waals surface area contributed by atoms with Crippen LogP contribution in [0.5, 0.6) is 0 Å². The first-order chi connectivity index (χ1) is 12.5. The van der Waals surface area contributed by atoms with Crippen LogP contribution in [0, 0.1) is 0 Å². The molecule has 0 spiro atoms. The van der Waals surface area contributed by atoms with Gasteiger partial charge >= 0.3 is 0 Å². The Kier molecular flexibility index (Phi) is 11.0. The molecule has 152 valence electrons. The number of halogens is 2. The fourth-order valence-electron chi connectivity index (χ4n) is 3.01. The Hall–Kier alpha value is -1.06. The molecule has 27 heavy (non-hydrogen) atoms. The lowest BCUT2D eigenvalue weighted by atomic mass is 10.2. The molecule has 1 aliphatic rings. The van der Waals surface area contributed by atoms with Crippen molar-refractivity contribution >= 4 is 47.4 Å². The summed E-state index contributed by atoms with van der Waals surface area (Å²) >= 11 is 5.93. The number of nitrogens with one attached hydrogen (secondary N) is 2. The molecule has 2 rings (SSSR count). The van der Waals surface area contributed by atoms with Crippen molar-refractivity contribution in [1.29, 1.82) is 0 Å². The van der Waals surface area contributed by atoms with Gasteiger partial charge in [0.2, 0.25) is 5.91 Å². The van der Waals surface area contributed by atoms with Gasteiger partial charge in [0.05, 0.1) is 13.1 Å². The smallest absolute Gasteiger partial charge is 0.241 e.